The molecule has 1 nitrogen and oxygen atoms in total. The van der Waals surface area contributed by atoms with Gasteiger partial charge >= 0.3 is 58.2 Å². The van der Waals surface area contributed by atoms with Crippen LogP contribution in [0.4, 0.5) is 0 Å². The Morgan fingerprint density at radius 3 is 2.90 bits per heavy atom. The van der Waals surface area contributed by atoms with E-state index in [-0.39, 0.29) is 58.2 Å². The van der Waals surface area contributed by atoms with Gasteiger partial charge in [0.2, 0.25) is 0 Å². The first-order valence-electron chi connectivity index (χ1n) is 3.81. The van der Waals surface area contributed by atoms with Gasteiger partial charge in [-0.3, -0.25) is 0 Å². The molecule has 10 heavy (non-hydrogen) atoms. The fourth-order valence-electron chi connectivity index (χ4n) is 1.42. The summed E-state index contributed by atoms with van der Waals surface area (Å²) in [6.07, 6.45) is 2.67. The van der Waals surface area contributed by atoms with Crippen molar-refractivity contribution in [3.63, 3.8) is 0 Å². The Labute approximate surface area is 113 Å². The largest absolute Gasteiger partial charge is 1.00 e. The molecule has 0 aromatic heterocycles. The molecule has 1 heterocycles. The third-order valence-corrected chi connectivity index (χ3v) is 1.94. The minimum absolute atomic E-state index is 0. The average molecular weight is 212 g/mol. The van der Waals surface area contributed by atoms with Crippen LogP contribution in [0.5, 0.6) is 0 Å². The molecule has 0 bridgehead atoms. The van der Waals surface area contributed by atoms with E-state index in [2.05, 4.69) is 19.2 Å². The molecule has 0 spiro atoms. The van der Waals surface area contributed by atoms with Crippen LogP contribution < -0.4 is 63.5 Å². The summed E-state index contributed by atoms with van der Waals surface area (Å²) in [7, 11) is 0. The van der Waals surface area contributed by atoms with E-state index in [9.17, 15) is 0 Å². The van der Waals surface area contributed by atoms with Crippen molar-refractivity contribution in [2.45, 2.75) is 26.7 Å². The summed E-state index contributed by atoms with van der Waals surface area (Å²) in [6.45, 7) is 6.92. The maximum Gasteiger partial charge on any atom is 1.00 e. The van der Waals surface area contributed by atoms with Crippen molar-refractivity contribution >= 4 is 0 Å². The maximum atomic E-state index is 3.39. The van der Waals surface area contributed by atoms with Crippen LogP contribution in [-0.2, 0) is 0 Å². The second kappa shape index (κ2) is 6.30. The number of hydrogen-bond acceptors (Lipinski definition) is 1. The van der Waals surface area contributed by atoms with E-state index < -0.39 is 0 Å². The maximum absolute atomic E-state index is 3.39. The first kappa shape index (κ1) is 11.8. The van der Waals surface area contributed by atoms with Crippen LogP contribution in [0.3, 0.4) is 0 Å². The number of rotatable bonds is 0. The monoisotopic (exact) mass is 211 g/mol. The molecule has 1 rings (SSSR count). The van der Waals surface area contributed by atoms with E-state index in [4.69, 9.17) is 0 Å². The van der Waals surface area contributed by atoms with E-state index in [1.165, 1.54) is 19.4 Å². The predicted molar refractivity (Wildman–Crippen MR) is 40.2 cm³/mol. The molecule has 1 fully saturated rings. The normalized spacial score (nSPS) is 28.8. The molecule has 0 aromatic rings. The summed E-state index contributed by atoms with van der Waals surface area (Å²) in [5, 5.41) is 3.39. The Hall–Kier alpha value is 1.77. The molecule has 1 aliphatic rings. The minimum atomic E-state index is 0. The van der Waals surface area contributed by atoms with E-state index in [1.807, 2.05) is 0 Å². The van der Waals surface area contributed by atoms with Gasteiger partial charge in [-0.05, 0) is 13.0 Å². The number of nitrogens with one attached hydrogen (secondary N) is 1. The molecule has 0 radical (unpaired) electrons. The molecule has 1 saturated heterocycles. The van der Waals surface area contributed by atoms with Crippen molar-refractivity contribution in [2.75, 3.05) is 13.1 Å². The predicted octanol–water partition coefficient (Wildman–Crippen LogP) is -1.40. The Bertz CT molecular complexity index is 75.3. The zero-order chi connectivity index (χ0) is 6.69. The van der Waals surface area contributed by atoms with Crippen LogP contribution in [-0.4, -0.2) is 13.1 Å². The number of hydrogen-bond donors (Lipinski definition) is 1. The average Bonchev–Trinajstić information content (AvgIpc) is 1.93. The Morgan fingerprint density at radius 1 is 1.50 bits per heavy atom. The van der Waals surface area contributed by atoms with Gasteiger partial charge in [0.1, 0.15) is 0 Å². The third-order valence-electron chi connectivity index (χ3n) is 1.94. The molecule has 2 heteroatoms. The molecule has 1 unspecified atom stereocenters. The van der Waals surface area contributed by atoms with Crippen molar-refractivity contribution in [1.82, 2.24) is 5.32 Å². The summed E-state index contributed by atoms with van der Waals surface area (Å²) in [4.78, 5) is 0. The van der Waals surface area contributed by atoms with E-state index in [0.29, 0.717) is 0 Å². The Morgan fingerprint density at radius 2 is 2.20 bits per heavy atom. The van der Waals surface area contributed by atoms with Crippen molar-refractivity contribution < 1.29 is 58.2 Å². The SMILES string of the molecule is C[C-]1CNCCC(C)C1.[Rb+]. The van der Waals surface area contributed by atoms with Crippen LogP contribution >= 0.6 is 0 Å². The fourth-order valence-corrected chi connectivity index (χ4v) is 1.42. The van der Waals surface area contributed by atoms with Gasteiger partial charge < -0.3 is 11.2 Å². The van der Waals surface area contributed by atoms with Gasteiger partial charge in [0.15, 0.2) is 0 Å². The zero-order valence-corrected chi connectivity index (χ0v) is 12.3. The van der Waals surface area contributed by atoms with Gasteiger partial charge in [-0.1, -0.05) is 12.8 Å². The fraction of sp³-hybridized carbons (Fsp3) is 0.875. The van der Waals surface area contributed by atoms with Gasteiger partial charge in [0, 0.05) is 0 Å². The van der Waals surface area contributed by atoms with E-state index in [1.54, 1.807) is 5.92 Å². The van der Waals surface area contributed by atoms with Crippen molar-refractivity contribution in [2.24, 2.45) is 5.92 Å². The van der Waals surface area contributed by atoms with Crippen molar-refractivity contribution in [1.29, 1.82) is 0 Å². The summed E-state index contributed by atoms with van der Waals surface area (Å²) >= 11 is 0. The summed E-state index contributed by atoms with van der Waals surface area (Å²) in [5.74, 6) is 2.51. The smallest absolute Gasteiger partial charge is 0.346 e. The van der Waals surface area contributed by atoms with Crippen LogP contribution in [0, 0.1) is 11.8 Å². The quantitative estimate of drug-likeness (QED) is 0.487. The summed E-state index contributed by atoms with van der Waals surface area (Å²) in [6, 6.07) is 0. The minimum Gasteiger partial charge on any atom is -0.346 e. The Balaban J connectivity index is 0.000000810. The molecule has 0 amide bonds. The van der Waals surface area contributed by atoms with Crippen LogP contribution in [0.15, 0.2) is 0 Å². The van der Waals surface area contributed by atoms with Crippen molar-refractivity contribution in [3.8, 4) is 0 Å². The molecule has 0 aromatic carbocycles. The van der Waals surface area contributed by atoms with Gasteiger partial charge in [-0.15, -0.1) is 6.54 Å². The summed E-state index contributed by atoms with van der Waals surface area (Å²) < 4.78 is 0. The third kappa shape index (κ3) is 4.60. The van der Waals surface area contributed by atoms with Crippen LogP contribution in [0.25, 0.3) is 0 Å². The van der Waals surface area contributed by atoms with Gasteiger partial charge in [0.25, 0.3) is 0 Å². The summed E-state index contributed by atoms with van der Waals surface area (Å²) in [5.41, 5.74) is 0. The molecule has 0 saturated carbocycles. The van der Waals surface area contributed by atoms with Crippen LogP contribution in [0.2, 0.25) is 0 Å². The van der Waals surface area contributed by atoms with E-state index in [0.717, 1.165) is 12.5 Å². The molecule has 1 atom stereocenters. The van der Waals surface area contributed by atoms with Crippen molar-refractivity contribution in [3.05, 3.63) is 5.92 Å². The molecule has 1 N–H and O–H groups in total. The molecular weight excluding hydrogens is 196 g/mol. The zero-order valence-electron chi connectivity index (χ0n) is 7.41. The first-order chi connectivity index (χ1) is 4.29. The van der Waals surface area contributed by atoms with Crippen LogP contribution in [0.1, 0.15) is 26.7 Å². The molecule has 54 valence electrons. The van der Waals surface area contributed by atoms with Gasteiger partial charge in [-0.2, -0.15) is 13.3 Å². The molecule has 1 aliphatic heterocycles. The Kier molecular flexibility index (Phi) is 7.41. The molecular formula is C8H16NRb. The second-order valence-electron chi connectivity index (χ2n) is 3.23. The molecule has 0 aliphatic carbocycles. The van der Waals surface area contributed by atoms with E-state index >= 15 is 0 Å². The second-order valence-corrected chi connectivity index (χ2v) is 3.23. The van der Waals surface area contributed by atoms with Gasteiger partial charge in [-0.25, -0.2) is 0 Å². The standard InChI is InChI=1S/C8H16N.Rb/c1-7-3-4-9-6-8(2)5-7;/h7,9H,3-6H2,1-2H3;/q-1;+1. The first-order valence-corrected chi connectivity index (χ1v) is 3.81. The van der Waals surface area contributed by atoms with Gasteiger partial charge in [0.05, 0.1) is 0 Å². The topological polar surface area (TPSA) is 12.0 Å².